The highest BCUT2D eigenvalue weighted by molar-refractivity contribution is 5.98. The van der Waals surface area contributed by atoms with Gasteiger partial charge in [0.1, 0.15) is 5.82 Å². The Kier molecular flexibility index (Phi) is 4.02. The second kappa shape index (κ2) is 6.12. The fourth-order valence-electron chi connectivity index (χ4n) is 2.65. The lowest BCUT2D eigenvalue weighted by molar-refractivity contribution is 0.0951. The summed E-state index contributed by atoms with van der Waals surface area (Å²) >= 11 is 0. The number of carbonyl (C=O) groups is 1. The number of nitrogens with zero attached hydrogens (tertiary/aromatic N) is 2. The Morgan fingerprint density at radius 2 is 2.09 bits per heavy atom. The molecule has 0 bridgehead atoms. The van der Waals surface area contributed by atoms with Crippen LogP contribution in [0.15, 0.2) is 42.6 Å². The molecule has 0 spiro atoms. The Morgan fingerprint density at radius 3 is 2.87 bits per heavy atom. The van der Waals surface area contributed by atoms with Gasteiger partial charge in [0.05, 0.1) is 5.56 Å². The topological polar surface area (TPSA) is 61.0 Å². The number of hydrogen-bond donors (Lipinski definition) is 2. The number of hydrogen-bond acceptors (Lipinski definition) is 3. The molecular formula is C18H20N4O. The van der Waals surface area contributed by atoms with Crippen molar-refractivity contribution >= 4 is 22.6 Å². The lowest BCUT2D eigenvalue weighted by Gasteiger charge is -2.15. The number of pyridine rings is 1. The van der Waals surface area contributed by atoms with Crippen LogP contribution < -0.4 is 10.2 Å². The predicted molar refractivity (Wildman–Crippen MR) is 92.8 cm³/mol. The summed E-state index contributed by atoms with van der Waals surface area (Å²) in [5.74, 6) is 0.550. The van der Waals surface area contributed by atoms with Crippen LogP contribution >= 0.6 is 0 Å². The summed E-state index contributed by atoms with van der Waals surface area (Å²) in [6.07, 6.45) is 1.69. The molecule has 0 aliphatic rings. The van der Waals surface area contributed by atoms with E-state index in [4.69, 9.17) is 0 Å². The monoisotopic (exact) mass is 308 g/mol. The fourth-order valence-corrected chi connectivity index (χ4v) is 2.65. The third-order valence-electron chi connectivity index (χ3n) is 3.73. The van der Waals surface area contributed by atoms with Gasteiger partial charge in [-0.15, -0.1) is 0 Å². The van der Waals surface area contributed by atoms with Crippen molar-refractivity contribution in [2.24, 2.45) is 0 Å². The highest BCUT2D eigenvalue weighted by Crippen LogP contribution is 2.18. The van der Waals surface area contributed by atoms with Gasteiger partial charge in [-0.2, -0.15) is 0 Å². The first-order valence-electron chi connectivity index (χ1n) is 7.53. The van der Waals surface area contributed by atoms with Crippen LogP contribution in [0.25, 0.3) is 10.9 Å². The van der Waals surface area contributed by atoms with E-state index in [2.05, 4.69) is 27.4 Å². The van der Waals surface area contributed by atoms with E-state index in [9.17, 15) is 4.79 Å². The molecular weight excluding hydrogens is 288 g/mol. The highest BCUT2D eigenvalue weighted by Gasteiger charge is 2.13. The maximum atomic E-state index is 12.4. The van der Waals surface area contributed by atoms with Crippen molar-refractivity contribution in [2.45, 2.75) is 13.5 Å². The SMILES string of the molecule is Cc1cc2cc(CNC(=O)c3cccnc3N(C)C)ccc2[nH]1. The van der Waals surface area contributed by atoms with Gasteiger partial charge in [0.25, 0.3) is 5.91 Å². The van der Waals surface area contributed by atoms with E-state index >= 15 is 0 Å². The van der Waals surface area contributed by atoms with Crippen molar-refractivity contribution in [3.63, 3.8) is 0 Å². The van der Waals surface area contributed by atoms with Crippen molar-refractivity contribution in [2.75, 3.05) is 19.0 Å². The van der Waals surface area contributed by atoms with Crippen molar-refractivity contribution in [3.8, 4) is 0 Å². The molecule has 0 aliphatic carbocycles. The van der Waals surface area contributed by atoms with Crippen molar-refractivity contribution in [1.82, 2.24) is 15.3 Å². The van der Waals surface area contributed by atoms with Crippen LogP contribution in [0.2, 0.25) is 0 Å². The van der Waals surface area contributed by atoms with Crippen LogP contribution in [-0.4, -0.2) is 30.0 Å². The number of fused-ring (bicyclic) bond motifs is 1. The van der Waals surface area contributed by atoms with Gasteiger partial charge in [-0.1, -0.05) is 6.07 Å². The number of nitrogens with one attached hydrogen (secondary N) is 2. The highest BCUT2D eigenvalue weighted by atomic mass is 16.1. The Labute approximate surface area is 135 Å². The Balaban J connectivity index is 1.75. The van der Waals surface area contributed by atoms with Crippen molar-refractivity contribution in [3.05, 3.63) is 59.4 Å². The molecule has 3 aromatic rings. The molecule has 0 fully saturated rings. The molecule has 0 atom stereocenters. The molecule has 0 aliphatic heterocycles. The molecule has 0 unspecified atom stereocenters. The van der Waals surface area contributed by atoms with E-state index in [0.717, 1.165) is 22.2 Å². The molecule has 2 heterocycles. The van der Waals surface area contributed by atoms with E-state index < -0.39 is 0 Å². The number of aromatic nitrogens is 2. The smallest absolute Gasteiger partial charge is 0.255 e. The average Bonchev–Trinajstić information content (AvgIpc) is 2.91. The fraction of sp³-hybridized carbons (Fsp3) is 0.222. The van der Waals surface area contributed by atoms with Gasteiger partial charge < -0.3 is 15.2 Å². The molecule has 118 valence electrons. The van der Waals surface area contributed by atoms with Gasteiger partial charge in [-0.25, -0.2) is 4.98 Å². The van der Waals surface area contributed by atoms with E-state index in [1.165, 1.54) is 0 Å². The Bertz CT molecular complexity index is 851. The number of anilines is 1. The van der Waals surface area contributed by atoms with Crippen LogP contribution in [0.3, 0.4) is 0 Å². The largest absolute Gasteiger partial charge is 0.362 e. The number of amides is 1. The molecule has 0 saturated heterocycles. The number of H-pyrrole nitrogens is 1. The number of aromatic amines is 1. The summed E-state index contributed by atoms with van der Waals surface area (Å²) in [6.45, 7) is 2.52. The van der Waals surface area contributed by atoms with Gasteiger partial charge in [-0.05, 0) is 48.2 Å². The maximum absolute atomic E-state index is 12.4. The van der Waals surface area contributed by atoms with Crippen molar-refractivity contribution < 1.29 is 4.79 Å². The molecule has 2 aromatic heterocycles. The Hall–Kier alpha value is -2.82. The number of aryl methyl sites for hydroxylation is 1. The van der Waals surface area contributed by atoms with Crippen LogP contribution in [0, 0.1) is 6.92 Å². The minimum absolute atomic E-state index is 0.118. The third kappa shape index (κ3) is 3.18. The second-order valence-electron chi connectivity index (χ2n) is 5.83. The van der Waals surface area contributed by atoms with Gasteiger partial charge >= 0.3 is 0 Å². The van der Waals surface area contributed by atoms with E-state index in [1.807, 2.05) is 38.1 Å². The van der Waals surface area contributed by atoms with E-state index in [-0.39, 0.29) is 5.91 Å². The predicted octanol–water partition coefficient (Wildman–Crippen LogP) is 2.87. The van der Waals surface area contributed by atoms with E-state index in [0.29, 0.717) is 17.9 Å². The third-order valence-corrected chi connectivity index (χ3v) is 3.73. The quantitative estimate of drug-likeness (QED) is 0.779. The van der Waals surface area contributed by atoms with Crippen LogP contribution in [0.1, 0.15) is 21.6 Å². The number of rotatable bonds is 4. The summed E-state index contributed by atoms with van der Waals surface area (Å²) in [7, 11) is 3.75. The lowest BCUT2D eigenvalue weighted by atomic mass is 10.1. The summed E-state index contributed by atoms with van der Waals surface area (Å²) in [6, 6.07) is 11.8. The summed E-state index contributed by atoms with van der Waals surface area (Å²) < 4.78 is 0. The Morgan fingerprint density at radius 1 is 1.26 bits per heavy atom. The summed E-state index contributed by atoms with van der Waals surface area (Å²) in [4.78, 5) is 21.8. The van der Waals surface area contributed by atoms with Gasteiger partial charge in [-0.3, -0.25) is 4.79 Å². The first-order valence-corrected chi connectivity index (χ1v) is 7.53. The zero-order chi connectivity index (χ0) is 16.4. The van der Waals surface area contributed by atoms with Gasteiger partial charge in [0, 0.05) is 38.0 Å². The first-order chi connectivity index (χ1) is 11.0. The second-order valence-corrected chi connectivity index (χ2v) is 5.83. The maximum Gasteiger partial charge on any atom is 0.255 e. The molecule has 23 heavy (non-hydrogen) atoms. The molecule has 5 heteroatoms. The molecule has 0 saturated carbocycles. The lowest BCUT2D eigenvalue weighted by Crippen LogP contribution is -2.25. The molecule has 3 rings (SSSR count). The van der Waals surface area contributed by atoms with E-state index in [1.54, 1.807) is 18.3 Å². The molecule has 5 nitrogen and oxygen atoms in total. The average molecular weight is 308 g/mol. The van der Waals surface area contributed by atoms with Crippen LogP contribution in [0.4, 0.5) is 5.82 Å². The minimum atomic E-state index is -0.118. The summed E-state index contributed by atoms with van der Waals surface area (Å²) in [5, 5.41) is 4.12. The van der Waals surface area contributed by atoms with Gasteiger partial charge in [0.15, 0.2) is 0 Å². The molecule has 1 aromatic carbocycles. The normalized spacial score (nSPS) is 10.7. The number of carbonyl (C=O) groups excluding carboxylic acids is 1. The standard InChI is InChI=1S/C18H20N4O/c1-12-9-14-10-13(6-7-16(14)21-12)11-20-18(23)15-5-4-8-19-17(15)22(2)3/h4-10,21H,11H2,1-3H3,(H,20,23). The first kappa shape index (κ1) is 15.1. The van der Waals surface area contributed by atoms with Gasteiger partial charge in [0.2, 0.25) is 0 Å². The molecule has 1 amide bonds. The zero-order valence-electron chi connectivity index (χ0n) is 13.6. The summed E-state index contributed by atoms with van der Waals surface area (Å²) in [5.41, 5.74) is 3.89. The van der Waals surface area contributed by atoms with Crippen LogP contribution in [-0.2, 0) is 6.54 Å². The molecule has 2 N–H and O–H groups in total. The van der Waals surface area contributed by atoms with Crippen molar-refractivity contribution in [1.29, 1.82) is 0 Å². The molecule has 0 radical (unpaired) electrons. The van der Waals surface area contributed by atoms with Crippen LogP contribution in [0.5, 0.6) is 0 Å². The minimum Gasteiger partial charge on any atom is -0.362 e. The number of benzene rings is 1. The zero-order valence-corrected chi connectivity index (χ0v) is 13.6.